The molecule has 9 nitrogen and oxygen atoms in total. The van der Waals surface area contributed by atoms with Gasteiger partial charge in [-0.15, -0.1) is 10.2 Å². The number of hydrazine groups is 1. The van der Waals surface area contributed by atoms with Crippen LogP contribution < -0.4 is 15.5 Å². The molecule has 0 unspecified atom stereocenters. The lowest BCUT2D eigenvalue weighted by molar-refractivity contribution is -0.145. The number of nitrogens with zero attached hydrogens (tertiary/aromatic N) is 5. The van der Waals surface area contributed by atoms with Crippen molar-refractivity contribution in [2.45, 2.75) is 46.8 Å². The first-order valence-corrected chi connectivity index (χ1v) is 13.8. The van der Waals surface area contributed by atoms with Gasteiger partial charge < -0.3 is 15.5 Å². The second-order valence-electron chi connectivity index (χ2n) is 9.95. The summed E-state index contributed by atoms with van der Waals surface area (Å²) in [6.45, 7) is 10.8. The zero-order chi connectivity index (χ0) is 27.2. The number of rotatable bonds is 11. The van der Waals surface area contributed by atoms with E-state index in [4.69, 9.17) is 0 Å². The fourth-order valence-electron chi connectivity index (χ4n) is 4.47. The van der Waals surface area contributed by atoms with E-state index in [0.717, 1.165) is 26.8 Å². The number of hydrogen-bond acceptors (Lipinski definition) is 8. The minimum Gasteiger partial charge on any atom is -0.353 e. The molecule has 0 saturated carbocycles. The van der Waals surface area contributed by atoms with Gasteiger partial charge in [0.25, 0.3) is 5.91 Å². The van der Waals surface area contributed by atoms with Gasteiger partial charge in [0.2, 0.25) is 5.91 Å². The van der Waals surface area contributed by atoms with Gasteiger partial charge in [0.05, 0.1) is 13.1 Å². The Morgan fingerprint density at radius 2 is 1.74 bits per heavy atom. The van der Waals surface area contributed by atoms with Crippen molar-refractivity contribution in [2.24, 2.45) is 0 Å². The standard InChI is InChI=1S/C28H37N7O2S/c1-19(2)29-12-13-30-26(36)17-34(25-14-22(11-10-20(25)3)28-32-31-21(4)38-28)18-27(37)33(5)35-15-23-8-6-7-9-24(23)16-35/h6-11,14,19,29H,12-13,15-18H2,1-5H3,(H,30,36). The molecule has 1 aromatic heterocycles. The van der Waals surface area contributed by atoms with Crippen LogP contribution in [-0.2, 0) is 22.7 Å². The van der Waals surface area contributed by atoms with Crippen LogP contribution in [0.2, 0.25) is 0 Å². The molecular formula is C28H37N7O2S. The molecule has 3 aromatic rings. The predicted molar refractivity (Wildman–Crippen MR) is 152 cm³/mol. The summed E-state index contributed by atoms with van der Waals surface area (Å²) in [4.78, 5) is 28.4. The Morgan fingerprint density at radius 3 is 2.37 bits per heavy atom. The van der Waals surface area contributed by atoms with E-state index in [1.807, 2.05) is 54.1 Å². The van der Waals surface area contributed by atoms with E-state index < -0.39 is 0 Å². The lowest BCUT2D eigenvalue weighted by Crippen LogP contribution is -2.48. The molecule has 0 spiro atoms. The largest absolute Gasteiger partial charge is 0.353 e. The maximum atomic E-state index is 13.5. The van der Waals surface area contributed by atoms with Crippen molar-refractivity contribution in [3.63, 3.8) is 0 Å². The van der Waals surface area contributed by atoms with E-state index in [9.17, 15) is 9.59 Å². The molecule has 0 saturated heterocycles. The number of benzene rings is 2. The first-order chi connectivity index (χ1) is 18.2. The summed E-state index contributed by atoms with van der Waals surface area (Å²) in [5.74, 6) is -0.209. The van der Waals surface area contributed by atoms with Crippen molar-refractivity contribution in [2.75, 3.05) is 38.1 Å². The summed E-state index contributed by atoms with van der Waals surface area (Å²) in [5, 5.41) is 20.1. The van der Waals surface area contributed by atoms with Crippen molar-refractivity contribution < 1.29 is 9.59 Å². The van der Waals surface area contributed by atoms with E-state index in [2.05, 4.69) is 46.8 Å². The van der Waals surface area contributed by atoms with Crippen LogP contribution in [0.4, 0.5) is 5.69 Å². The highest BCUT2D eigenvalue weighted by Gasteiger charge is 2.27. The molecule has 2 heterocycles. The minimum atomic E-state index is -0.129. The van der Waals surface area contributed by atoms with Crippen molar-refractivity contribution in [3.8, 4) is 10.6 Å². The number of aryl methyl sites for hydroxylation is 2. The third-order valence-electron chi connectivity index (χ3n) is 6.59. The fraction of sp³-hybridized carbons (Fsp3) is 0.429. The Kier molecular flexibility index (Phi) is 9.09. The zero-order valence-electron chi connectivity index (χ0n) is 22.8. The van der Waals surface area contributed by atoms with Crippen molar-refractivity contribution >= 4 is 28.8 Å². The van der Waals surface area contributed by atoms with Crippen LogP contribution >= 0.6 is 11.3 Å². The summed E-state index contributed by atoms with van der Waals surface area (Å²) in [7, 11) is 1.80. The molecule has 0 atom stereocenters. The van der Waals surface area contributed by atoms with E-state index in [-0.39, 0.29) is 24.9 Å². The summed E-state index contributed by atoms with van der Waals surface area (Å²) in [5.41, 5.74) is 5.19. The van der Waals surface area contributed by atoms with Crippen LogP contribution in [0.15, 0.2) is 42.5 Å². The van der Waals surface area contributed by atoms with Gasteiger partial charge in [-0.1, -0.05) is 61.6 Å². The lowest BCUT2D eigenvalue weighted by Gasteiger charge is -2.32. The van der Waals surface area contributed by atoms with Gasteiger partial charge in [-0.2, -0.15) is 0 Å². The highest BCUT2D eigenvalue weighted by Crippen LogP contribution is 2.30. The number of likely N-dealkylation sites (N-methyl/N-ethyl adjacent to an activating group) is 1. The highest BCUT2D eigenvalue weighted by molar-refractivity contribution is 7.14. The SMILES string of the molecule is Cc1nnc(-c2ccc(C)c(N(CC(=O)NCCNC(C)C)CC(=O)N(C)N3Cc4ccccc4C3)c2)s1. The zero-order valence-corrected chi connectivity index (χ0v) is 23.6. The number of anilines is 1. The number of amides is 2. The monoisotopic (exact) mass is 535 g/mol. The van der Waals surface area contributed by atoms with E-state index in [1.165, 1.54) is 22.5 Å². The molecule has 2 amide bonds. The Hall–Kier alpha value is -3.34. The molecule has 4 rings (SSSR count). The van der Waals surface area contributed by atoms with Gasteiger partial charge in [-0.05, 0) is 36.6 Å². The third kappa shape index (κ3) is 6.94. The van der Waals surface area contributed by atoms with Gasteiger partial charge in [0.15, 0.2) is 0 Å². The Morgan fingerprint density at radius 1 is 1.03 bits per heavy atom. The fourth-order valence-corrected chi connectivity index (χ4v) is 5.15. The van der Waals surface area contributed by atoms with E-state index in [1.54, 1.807) is 12.1 Å². The molecule has 0 radical (unpaired) electrons. The average molecular weight is 536 g/mol. The van der Waals surface area contributed by atoms with Gasteiger partial charge in [0.1, 0.15) is 10.0 Å². The highest BCUT2D eigenvalue weighted by atomic mass is 32.1. The topological polar surface area (TPSA) is 93.7 Å². The summed E-state index contributed by atoms with van der Waals surface area (Å²) in [6, 6.07) is 14.6. The van der Waals surface area contributed by atoms with Crippen LogP contribution in [0, 0.1) is 13.8 Å². The number of carbonyl (C=O) groups is 2. The third-order valence-corrected chi connectivity index (χ3v) is 7.48. The van der Waals surface area contributed by atoms with Crippen LogP contribution in [0.5, 0.6) is 0 Å². The van der Waals surface area contributed by atoms with Crippen LogP contribution in [0.25, 0.3) is 10.6 Å². The molecule has 10 heteroatoms. The van der Waals surface area contributed by atoms with Crippen LogP contribution in [0.3, 0.4) is 0 Å². The number of hydrogen-bond donors (Lipinski definition) is 2. The van der Waals surface area contributed by atoms with Gasteiger partial charge in [-0.25, -0.2) is 5.01 Å². The second kappa shape index (κ2) is 12.5. The molecule has 1 aliphatic rings. The van der Waals surface area contributed by atoms with Crippen molar-refractivity contribution in [3.05, 3.63) is 64.2 Å². The summed E-state index contributed by atoms with van der Waals surface area (Å²) >= 11 is 1.52. The molecule has 2 N–H and O–H groups in total. The predicted octanol–water partition coefficient (Wildman–Crippen LogP) is 3.13. The molecular weight excluding hydrogens is 498 g/mol. The molecule has 0 bridgehead atoms. The van der Waals surface area contributed by atoms with Crippen LogP contribution in [0.1, 0.15) is 35.5 Å². The van der Waals surface area contributed by atoms with Crippen molar-refractivity contribution in [1.29, 1.82) is 0 Å². The van der Waals surface area contributed by atoms with E-state index in [0.29, 0.717) is 32.2 Å². The molecule has 0 aliphatic carbocycles. The molecule has 0 fully saturated rings. The average Bonchev–Trinajstić information content (AvgIpc) is 3.52. The molecule has 2 aromatic carbocycles. The number of carbonyl (C=O) groups excluding carboxylic acids is 2. The summed E-state index contributed by atoms with van der Waals surface area (Å²) in [6.07, 6.45) is 0. The Bertz CT molecular complexity index is 1250. The first kappa shape index (κ1) is 27.7. The van der Waals surface area contributed by atoms with Crippen LogP contribution in [-0.4, -0.2) is 71.3 Å². The van der Waals surface area contributed by atoms with E-state index >= 15 is 0 Å². The Labute approximate surface area is 228 Å². The first-order valence-electron chi connectivity index (χ1n) is 13.0. The molecule has 38 heavy (non-hydrogen) atoms. The lowest BCUT2D eigenvalue weighted by atomic mass is 10.1. The molecule has 202 valence electrons. The quantitative estimate of drug-likeness (QED) is 0.365. The second-order valence-corrected chi connectivity index (χ2v) is 11.1. The maximum Gasteiger partial charge on any atom is 0.256 e. The minimum absolute atomic E-state index is 0.0699. The van der Waals surface area contributed by atoms with Gasteiger partial charge >= 0.3 is 0 Å². The Balaban J connectivity index is 1.52. The number of aromatic nitrogens is 2. The smallest absolute Gasteiger partial charge is 0.256 e. The summed E-state index contributed by atoms with van der Waals surface area (Å²) < 4.78 is 0. The maximum absolute atomic E-state index is 13.5. The van der Waals surface area contributed by atoms with Gasteiger partial charge in [0, 0.05) is 50.5 Å². The number of fused-ring (bicyclic) bond motifs is 1. The van der Waals surface area contributed by atoms with Gasteiger partial charge in [-0.3, -0.25) is 14.6 Å². The normalized spacial score (nSPS) is 13.0. The molecule has 1 aliphatic heterocycles. The number of nitrogens with one attached hydrogen (secondary N) is 2. The van der Waals surface area contributed by atoms with Crippen molar-refractivity contribution in [1.82, 2.24) is 30.8 Å².